The number of aryl methyl sites for hydroxylation is 2. The van der Waals surface area contributed by atoms with Crippen LogP contribution in [-0.2, 0) is 4.79 Å². The summed E-state index contributed by atoms with van der Waals surface area (Å²) in [6.07, 6.45) is 3.11. The van der Waals surface area contributed by atoms with E-state index in [9.17, 15) is 4.79 Å². The van der Waals surface area contributed by atoms with Crippen molar-refractivity contribution < 1.29 is 9.53 Å². The summed E-state index contributed by atoms with van der Waals surface area (Å²) in [6, 6.07) is 12.8. The Balaban J connectivity index is 1.40. The van der Waals surface area contributed by atoms with Crippen LogP contribution in [0, 0.1) is 19.8 Å². The van der Waals surface area contributed by atoms with Crippen LogP contribution in [0.15, 0.2) is 42.5 Å². The Kier molecular flexibility index (Phi) is 4.58. The summed E-state index contributed by atoms with van der Waals surface area (Å²) in [5.41, 5.74) is 2.69. The molecule has 2 heterocycles. The summed E-state index contributed by atoms with van der Waals surface area (Å²) in [5, 5.41) is 15.6. The van der Waals surface area contributed by atoms with Gasteiger partial charge in [-0.15, -0.1) is 10.2 Å². The summed E-state index contributed by atoms with van der Waals surface area (Å²) in [6.45, 7) is 3.91. The second-order valence-electron chi connectivity index (χ2n) is 6.81. The number of hydrogen-bond donors (Lipinski definition) is 1. The van der Waals surface area contributed by atoms with Crippen LogP contribution in [0.25, 0.3) is 5.82 Å². The molecule has 0 aliphatic heterocycles. The first-order chi connectivity index (χ1) is 13.1. The van der Waals surface area contributed by atoms with Crippen molar-refractivity contribution in [2.24, 2.45) is 5.92 Å². The maximum atomic E-state index is 12.0. The maximum absolute atomic E-state index is 12.0. The van der Waals surface area contributed by atoms with Gasteiger partial charge in [-0.1, -0.05) is 6.42 Å². The average molecular weight is 363 g/mol. The fourth-order valence-corrected chi connectivity index (χ4v) is 2.98. The van der Waals surface area contributed by atoms with Crippen LogP contribution in [0.1, 0.15) is 30.7 Å². The van der Waals surface area contributed by atoms with E-state index < -0.39 is 0 Å². The molecule has 7 heteroatoms. The molecule has 0 spiro atoms. The number of ether oxygens (including phenoxy) is 1. The highest BCUT2D eigenvalue weighted by atomic mass is 16.5. The van der Waals surface area contributed by atoms with Crippen molar-refractivity contribution in [2.45, 2.75) is 33.1 Å². The van der Waals surface area contributed by atoms with Crippen molar-refractivity contribution in [1.29, 1.82) is 0 Å². The highest BCUT2D eigenvalue weighted by Gasteiger charge is 2.25. The van der Waals surface area contributed by atoms with Crippen LogP contribution < -0.4 is 10.1 Å². The van der Waals surface area contributed by atoms with Crippen LogP contribution in [0.2, 0.25) is 0 Å². The topological polar surface area (TPSA) is 81.9 Å². The summed E-state index contributed by atoms with van der Waals surface area (Å²) < 4.78 is 7.47. The van der Waals surface area contributed by atoms with Crippen LogP contribution in [-0.4, -0.2) is 25.9 Å². The number of rotatable bonds is 5. The number of nitrogens with zero attached hydrogens (tertiary/aromatic N) is 4. The van der Waals surface area contributed by atoms with Crippen molar-refractivity contribution in [3.05, 3.63) is 53.9 Å². The van der Waals surface area contributed by atoms with E-state index in [4.69, 9.17) is 4.74 Å². The SMILES string of the molecule is Cc1cc(C)n(-c2ccc(Oc3ccc(NC(=O)C4CCC4)cc3)nn2)n1. The first-order valence-corrected chi connectivity index (χ1v) is 9.04. The van der Waals surface area contributed by atoms with Gasteiger partial charge >= 0.3 is 0 Å². The first kappa shape index (κ1) is 17.2. The van der Waals surface area contributed by atoms with Gasteiger partial charge in [0.15, 0.2) is 5.82 Å². The van der Waals surface area contributed by atoms with E-state index in [1.165, 1.54) is 0 Å². The molecule has 1 aromatic carbocycles. The summed E-state index contributed by atoms with van der Waals surface area (Å²) >= 11 is 0. The zero-order valence-corrected chi connectivity index (χ0v) is 15.3. The zero-order valence-electron chi connectivity index (χ0n) is 15.3. The largest absolute Gasteiger partial charge is 0.438 e. The molecule has 0 saturated heterocycles. The lowest BCUT2D eigenvalue weighted by molar-refractivity contribution is -0.122. The lowest BCUT2D eigenvalue weighted by Gasteiger charge is -2.24. The van der Waals surface area contributed by atoms with Gasteiger partial charge in [0.25, 0.3) is 0 Å². The number of amides is 1. The van der Waals surface area contributed by atoms with Gasteiger partial charge in [-0.05, 0) is 63.1 Å². The molecule has 1 N–H and O–H groups in total. The van der Waals surface area contributed by atoms with E-state index in [-0.39, 0.29) is 11.8 Å². The van der Waals surface area contributed by atoms with Gasteiger partial charge in [0.2, 0.25) is 11.8 Å². The molecule has 3 aromatic rings. The Morgan fingerprint density at radius 1 is 1.11 bits per heavy atom. The molecule has 2 aromatic heterocycles. The number of aromatic nitrogens is 4. The third-order valence-electron chi connectivity index (χ3n) is 4.67. The molecule has 0 bridgehead atoms. The van der Waals surface area contributed by atoms with Crippen LogP contribution in [0.3, 0.4) is 0 Å². The number of anilines is 1. The van der Waals surface area contributed by atoms with Crippen molar-refractivity contribution in [3.8, 4) is 17.4 Å². The number of nitrogens with one attached hydrogen (secondary N) is 1. The minimum Gasteiger partial charge on any atom is -0.438 e. The Bertz CT molecular complexity index is 944. The van der Waals surface area contributed by atoms with Crippen LogP contribution in [0.5, 0.6) is 11.6 Å². The van der Waals surface area contributed by atoms with Crippen LogP contribution in [0.4, 0.5) is 5.69 Å². The normalized spacial score (nSPS) is 13.9. The zero-order chi connectivity index (χ0) is 18.8. The lowest BCUT2D eigenvalue weighted by Crippen LogP contribution is -2.27. The number of hydrogen-bond acceptors (Lipinski definition) is 5. The van der Waals surface area contributed by atoms with Crippen molar-refractivity contribution >= 4 is 11.6 Å². The minimum absolute atomic E-state index is 0.0977. The third kappa shape index (κ3) is 3.81. The second kappa shape index (κ2) is 7.19. The standard InChI is InChI=1S/C20H21N5O2/c1-13-12-14(2)25(24-13)18-10-11-19(23-22-18)27-17-8-6-16(7-9-17)21-20(26)15-4-3-5-15/h6-12,15H,3-5H2,1-2H3,(H,21,26). The molecule has 1 amide bonds. The van der Waals surface area contributed by atoms with E-state index in [0.717, 1.165) is 36.3 Å². The molecule has 1 aliphatic carbocycles. The van der Waals surface area contributed by atoms with Gasteiger partial charge in [0.1, 0.15) is 5.75 Å². The monoisotopic (exact) mass is 363 g/mol. The molecule has 0 radical (unpaired) electrons. The molecule has 4 rings (SSSR count). The summed E-state index contributed by atoms with van der Waals surface area (Å²) in [5.74, 6) is 1.93. The van der Waals surface area contributed by atoms with Gasteiger partial charge in [0.05, 0.1) is 5.69 Å². The molecular weight excluding hydrogens is 342 g/mol. The average Bonchev–Trinajstić information content (AvgIpc) is 2.94. The Hall–Kier alpha value is -3.22. The lowest BCUT2D eigenvalue weighted by atomic mass is 9.85. The fraction of sp³-hybridized carbons (Fsp3) is 0.300. The van der Waals surface area contributed by atoms with Crippen molar-refractivity contribution in [2.75, 3.05) is 5.32 Å². The van der Waals surface area contributed by atoms with E-state index in [1.807, 2.05) is 38.1 Å². The molecule has 0 unspecified atom stereocenters. The van der Waals surface area contributed by atoms with E-state index in [2.05, 4.69) is 20.6 Å². The van der Waals surface area contributed by atoms with Gasteiger partial charge in [-0.2, -0.15) is 5.10 Å². The third-order valence-corrected chi connectivity index (χ3v) is 4.67. The van der Waals surface area contributed by atoms with Gasteiger partial charge < -0.3 is 10.1 Å². The summed E-state index contributed by atoms with van der Waals surface area (Å²) in [7, 11) is 0. The molecule has 1 fully saturated rings. The van der Waals surface area contributed by atoms with Gasteiger partial charge in [-0.3, -0.25) is 4.79 Å². The minimum atomic E-state index is 0.0977. The predicted octanol–water partition coefficient (Wildman–Crippen LogP) is 3.81. The van der Waals surface area contributed by atoms with Crippen molar-refractivity contribution in [3.63, 3.8) is 0 Å². The predicted molar refractivity (Wildman–Crippen MR) is 101 cm³/mol. The van der Waals surface area contributed by atoms with Gasteiger partial charge in [-0.25, -0.2) is 4.68 Å². The molecule has 27 heavy (non-hydrogen) atoms. The highest BCUT2D eigenvalue weighted by molar-refractivity contribution is 5.93. The molecule has 1 saturated carbocycles. The van der Waals surface area contributed by atoms with Crippen molar-refractivity contribution in [1.82, 2.24) is 20.0 Å². The first-order valence-electron chi connectivity index (χ1n) is 9.04. The number of carbonyl (C=O) groups excluding carboxylic acids is 1. The molecular formula is C20H21N5O2. The van der Waals surface area contributed by atoms with Crippen LogP contribution >= 0.6 is 0 Å². The second-order valence-corrected chi connectivity index (χ2v) is 6.81. The number of carbonyl (C=O) groups is 1. The molecule has 138 valence electrons. The Morgan fingerprint density at radius 3 is 2.44 bits per heavy atom. The smallest absolute Gasteiger partial charge is 0.238 e. The molecule has 1 aliphatic rings. The number of benzene rings is 1. The maximum Gasteiger partial charge on any atom is 0.238 e. The molecule has 7 nitrogen and oxygen atoms in total. The molecule has 0 atom stereocenters. The van der Waals surface area contributed by atoms with E-state index in [1.54, 1.807) is 22.9 Å². The fourth-order valence-electron chi connectivity index (χ4n) is 2.98. The highest BCUT2D eigenvalue weighted by Crippen LogP contribution is 2.28. The quantitative estimate of drug-likeness (QED) is 0.745. The Morgan fingerprint density at radius 2 is 1.89 bits per heavy atom. The summed E-state index contributed by atoms with van der Waals surface area (Å²) in [4.78, 5) is 12.0. The Labute approximate surface area is 157 Å². The van der Waals surface area contributed by atoms with Gasteiger partial charge in [0, 0.05) is 23.4 Å². The van der Waals surface area contributed by atoms with E-state index >= 15 is 0 Å². The van der Waals surface area contributed by atoms with E-state index in [0.29, 0.717) is 17.4 Å².